The molecule has 0 aliphatic carbocycles. The van der Waals surface area contributed by atoms with E-state index in [4.69, 9.17) is 15.2 Å². The third kappa shape index (κ3) is 2.73. The van der Waals surface area contributed by atoms with E-state index >= 15 is 0 Å². The topological polar surface area (TPSA) is 74.4 Å². The van der Waals surface area contributed by atoms with Gasteiger partial charge >= 0.3 is 0 Å². The molecule has 0 aliphatic rings. The maximum atomic E-state index is 8.82. The molecule has 0 fully saturated rings. The van der Waals surface area contributed by atoms with Gasteiger partial charge in [0.1, 0.15) is 17.2 Å². The van der Waals surface area contributed by atoms with Gasteiger partial charge in [0.25, 0.3) is 0 Å². The van der Waals surface area contributed by atoms with E-state index in [1.165, 1.54) is 0 Å². The van der Waals surface area contributed by atoms with Gasteiger partial charge < -0.3 is 15.2 Å². The summed E-state index contributed by atoms with van der Waals surface area (Å²) in [5.41, 5.74) is 1.12. The summed E-state index contributed by atoms with van der Waals surface area (Å²) >= 11 is 0. The van der Waals surface area contributed by atoms with Gasteiger partial charge in [-0.05, 0) is 38.1 Å². The Kier molecular flexibility index (Phi) is 4.32. The Balaban J connectivity index is 2.96. The molecule has 5 nitrogen and oxygen atoms in total. The van der Waals surface area contributed by atoms with Crippen molar-refractivity contribution in [3.8, 4) is 5.75 Å². The zero-order chi connectivity index (χ0) is 12.0. The van der Waals surface area contributed by atoms with Crippen molar-refractivity contribution in [1.29, 1.82) is 0 Å². The molecule has 0 unspecified atom stereocenters. The molecular formula is C11H14N2O3. The molecule has 5 heteroatoms. The lowest BCUT2D eigenvalue weighted by atomic mass is 10.1. The van der Waals surface area contributed by atoms with E-state index in [2.05, 4.69) is 10.3 Å². The van der Waals surface area contributed by atoms with Gasteiger partial charge in [-0.1, -0.05) is 10.3 Å². The molecule has 0 saturated heterocycles. The molecule has 0 amide bonds. The second-order valence-corrected chi connectivity index (χ2v) is 3.09. The molecule has 16 heavy (non-hydrogen) atoms. The minimum Gasteiger partial charge on any atom is -0.494 e. The number of hydrogen-bond donors (Lipinski definition) is 2. The molecule has 0 radical (unpaired) electrons. The Labute approximate surface area is 93.7 Å². The molecule has 0 heterocycles. The minimum absolute atomic E-state index is 0.227. The van der Waals surface area contributed by atoms with Crippen molar-refractivity contribution in [1.82, 2.24) is 0 Å². The van der Waals surface area contributed by atoms with Crippen LogP contribution in [0.25, 0.3) is 0 Å². The minimum atomic E-state index is 0.227. The third-order valence-corrected chi connectivity index (χ3v) is 2.03. The molecule has 0 spiro atoms. The van der Waals surface area contributed by atoms with Gasteiger partial charge in [0, 0.05) is 5.56 Å². The van der Waals surface area contributed by atoms with E-state index in [1.54, 1.807) is 31.2 Å². The molecule has 0 atom stereocenters. The predicted molar refractivity (Wildman–Crippen MR) is 60.8 cm³/mol. The first-order valence-electron chi connectivity index (χ1n) is 4.87. The number of hydrogen-bond acceptors (Lipinski definition) is 5. The van der Waals surface area contributed by atoms with E-state index in [0.717, 1.165) is 5.75 Å². The van der Waals surface area contributed by atoms with Crippen LogP contribution in [0, 0.1) is 0 Å². The van der Waals surface area contributed by atoms with Crippen molar-refractivity contribution in [2.45, 2.75) is 13.8 Å². The lowest BCUT2D eigenvalue weighted by molar-refractivity contribution is 0.314. The van der Waals surface area contributed by atoms with Crippen molar-refractivity contribution < 1.29 is 15.2 Å². The van der Waals surface area contributed by atoms with Crippen LogP contribution in [0.4, 0.5) is 0 Å². The summed E-state index contributed by atoms with van der Waals surface area (Å²) in [6.07, 6.45) is 0. The summed E-state index contributed by atoms with van der Waals surface area (Å²) in [6.45, 7) is 4.04. The Morgan fingerprint density at radius 2 is 1.81 bits per heavy atom. The second-order valence-electron chi connectivity index (χ2n) is 3.09. The van der Waals surface area contributed by atoms with E-state index in [1.807, 2.05) is 6.92 Å². The summed E-state index contributed by atoms with van der Waals surface area (Å²) in [4.78, 5) is 0. The maximum absolute atomic E-state index is 8.82. The zero-order valence-corrected chi connectivity index (χ0v) is 9.21. The van der Waals surface area contributed by atoms with E-state index < -0.39 is 0 Å². The predicted octanol–water partition coefficient (Wildman–Crippen LogP) is 2.11. The summed E-state index contributed by atoms with van der Waals surface area (Å²) in [5.74, 6) is 0.738. The Morgan fingerprint density at radius 1 is 1.19 bits per heavy atom. The average Bonchev–Trinajstić information content (AvgIpc) is 2.32. The van der Waals surface area contributed by atoms with Crippen molar-refractivity contribution in [2.24, 2.45) is 10.3 Å². The fourth-order valence-electron chi connectivity index (χ4n) is 1.26. The quantitative estimate of drug-likeness (QED) is 0.465. The first-order chi connectivity index (χ1) is 7.72. The number of oxime groups is 2. The van der Waals surface area contributed by atoms with Crippen LogP contribution in [0.3, 0.4) is 0 Å². The molecule has 2 N–H and O–H groups in total. The normalized spacial score (nSPS) is 12.6. The van der Waals surface area contributed by atoms with Crippen LogP contribution in [0.5, 0.6) is 5.75 Å². The molecule has 1 aromatic rings. The molecule has 1 rings (SSSR count). The standard InChI is InChI=1S/C11H14N2O3/c1-3-16-10-6-4-9(5-7-10)11(13-15)8(2)12-14/h4-7,14-15H,3H2,1-2H3/b12-8+,13-11+. The maximum Gasteiger partial charge on any atom is 0.134 e. The van der Waals surface area contributed by atoms with Crippen LogP contribution < -0.4 is 4.74 Å². The van der Waals surface area contributed by atoms with Crippen molar-refractivity contribution in [2.75, 3.05) is 6.61 Å². The van der Waals surface area contributed by atoms with Crippen LogP contribution >= 0.6 is 0 Å². The summed E-state index contributed by atoms with van der Waals surface area (Å²) < 4.78 is 5.28. The van der Waals surface area contributed by atoms with Crippen LogP contribution in [0.1, 0.15) is 19.4 Å². The molecule has 0 aromatic heterocycles. The lowest BCUT2D eigenvalue weighted by Crippen LogP contribution is -2.12. The fraction of sp³-hybridized carbons (Fsp3) is 0.273. The SMILES string of the molecule is CCOc1ccc(C(=N/O)/C(C)=N/O)cc1. The van der Waals surface area contributed by atoms with Crippen LogP contribution in [-0.4, -0.2) is 28.4 Å². The first-order valence-corrected chi connectivity index (χ1v) is 4.87. The summed E-state index contributed by atoms with van der Waals surface area (Å²) in [6, 6.07) is 6.98. The van der Waals surface area contributed by atoms with E-state index in [0.29, 0.717) is 12.2 Å². The van der Waals surface area contributed by atoms with Crippen molar-refractivity contribution in [3.05, 3.63) is 29.8 Å². The van der Waals surface area contributed by atoms with Gasteiger partial charge in [0.2, 0.25) is 0 Å². The first kappa shape index (κ1) is 12.0. The highest BCUT2D eigenvalue weighted by Gasteiger charge is 2.08. The van der Waals surface area contributed by atoms with Gasteiger partial charge in [-0.3, -0.25) is 0 Å². The van der Waals surface area contributed by atoms with Gasteiger partial charge in [0.15, 0.2) is 0 Å². The highest BCUT2D eigenvalue weighted by molar-refractivity contribution is 6.47. The van der Waals surface area contributed by atoms with Crippen LogP contribution in [0.2, 0.25) is 0 Å². The smallest absolute Gasteiger partial charge is 0.134 e. The number of nitrogens with zero attached hydrogens (tertiary/aromatic N) is 2. The van der Waals surface area contributed by atoms with Gasteiger partial charge in [-0.2, -0.15) is 0 Å². The van der Waals surface area contributed by atoms with Gasteiger partial charge in [-0.15, -0.1) is 0 Å². The van der Waals surface area contributed by atoms with Crippen LogP contribution in [0.15, 0.2) is 34.6 Å². The summed E-state index contributed by atoms with van der Waals surface area (Å²) in [5, 5.41) is 23.5. The van der Waals surface area contributed by atoms with E-state index in [9.17, 15) is 0 Å². The number of ether oxygens (including phenoxy) is 1. The van der Waals surface area contributed by atoms with Gasteiger partial charge in [0.05, 0.1) is 6.61 Å². The number of benzene rings is 1. The fourth-order valence-corrected chi connectivity index (χ4v) is 1.26. The molecule has 86 valence electrons. The Bertz CT molecular complexity index is 396. The van der Waals surface area contributed by atoms with Crippen molar-refractivity contribution >= 4 is 11.4 Å². The van der Waals surface area contributed by atoms with Crippen LogP contribution in [-0.2, 0) is 0 Å². The number of rotatable bonds is 4. The third-order valence-electron chi connectivity index (χ3n) is 2.03. The monoisotopic (exact) mass is 222 g/mol. The Hall–Kier alpha value is -2.04. The van der Waals surface area contributed by atoms with Crippen molar-refractivity contribution in [3.63, 3.8) is 0 Å². The largest absolute Gasteiger partial charge is 0.494 e. The summed E-state index contributed by atoms with van der Waals surface area (Å²) in [7, 11) is 0. The lowest BCUT2D eigenvalue weighted by Gasteiger charge is -2.05. The molecule has 0 aliphatic heterocycles. The van der Waals surface area contributed by atoms with Gasteiger partial charge in [-0.25, -0.2) is 0 Å². The Morgan fingerprint density at radius 3 is 2.25 bits per heavy atom. The highest BCUT2D eigenvalue weighted by Crippen LogP contribution is 2.13. The zero-order valence-electron chi connectivity index (χ0n) is 9.21. The molecule has 1 aromatic carbocycles. The molecular weight excluding hydrogens is 208 g/mol. The average molecular weight is 222 g/mol. The highest BCUT2D eigenvalue weighted by atomic mass is 16.5. The van der Waals surface area contributed by atoms with E-state index in [-0.39, 0.29) is 11.4 Å². The second kappa shape index (κ2) is 5.75. The molecule has 0 bridgehead atoms. The molecule has 0 saturated carbocycles.